The number of para-hydroxylation sites is 1. The average molecular weight is 338 g/mol. The largest absolute Gasteiger partial charge is 0.380 e. The molecule has 25 heavy (non-hydrogen) atoms. The van der Waals surface area contributed by atoms with Gasteiger partial charge in [-0.25, -0.2) is 4.90 Å². The van der Waals surface area contributed by atoms with E-state index < -0.39 is 6.04 Å². The molecular formula is C20H22N2O3. The summed E-state index contributed by atoms with van der Waals surface area (Å²) < 4.78 is 5.14. The van der Waals surface area contributed by atoms with E-state index >= 15 is 0 Å². The predicted octanol–water partition coefficient (Wildman–Crippen LogP) is 3.19. The Morgan fingerprint density at radius 3 is 2.48 bits per heavy atom. The van der Waals surface area contributed by atoms with Crippen LogP contribution in [0.1, 0.15) is 23.1 Å². The first kappa shape index (κ1) is 17.2. The molecule has 0 unspecified atom stereocenters. The first-order chi connectivity index (χ1) is 12.0. The maximum atomic E-state index is 12.9. The van der Waals surface area contributed by atoms with Gasteiger partial charge in [-0.05, 0) is 42.7 Å². The molecule has 0 bridgehead atoms. The molecule has 0 aliphatic carbocycles. The summed E-state index contributed by atoms with van der Waals surface area (Å²) in [6, 6.07) is 12.9. The van der Waals surface area contributed by atoms with Crippen LogP contribution in [0, 0.1) is 13.8 Å². The molecule has 0 radical (unpaired) electrons. The molecule has 1 fully saturated rings. The van der Waals surface area contributed by atoms with Crippen molar-refractivity contribution < 1.29 is 14.3 Å². The van der Waals surface area contributed by atoms with Crippen LogP contribution in [0.3, 0.4) is 0 Å². The molecule has 2 aromatic carbocycles. The van der Waals surface area contributed by atoms with Crippen LogP contribution in [0.5, 0.6) is 0 Å². The molecule has 0 spiro atoms. The second-order valence-electron chi connectivity index (χ2n) is 6.34. The number of hydrogen-bond donors (Lipinski definition) is 1. The van der Waals surface area contributed by atoms with Gasteiger partial charge >= 0.3 is 0 Å². The van der Waals surface area contributed by atoms with E-state index in [0.717, 1.165) is 22.4 Å². The molecule has 1 atom stereocenters. The van der Waals surface area contributed by atoms with Gasteiger partial charge in [-0.2, -0.15) is 0 Å². The fourth-order valence-corrected chi connectivity index (χ4v) is 3.26. The Hall–Kier alpha value is -2.66. The van der Waals surface area contributed by atoms with E-state index in [-0.39, 0.29) is 18.2 Å². The van der Waals surface area contributed by atoms with Crippen molar-refractivity contribution in [2.75, 3.05) is 17.3 Å². The number of nitrogens with one attached hydrogen (secondary N) is 1. The normalized spacial score (nSPS) is 17.2. The molecule has 5 heteroatoms. The van der Waals surface area contributed by atoms with Crippen molar-refractivity contribution in [3.05, 3.63) is 59.2 Å². The number of methoxy groups -OCH3 is 1. The topological polar surface area (TPSA) is 58.6 Å². The van der Waals surface area contributed by atoms with E-state index in [2.05, 4.69) is 5.32 Å². The predicted molar refractivity (Wildman–Crippen MR) is 97.6 cm³/mol. The lowest BCUT2D eigenvalue weighted by Gasteiger charge is -2.20. The van der Waals surface area contributed by atoms with E-state index in [0.29, 0.717) is 12.3 Å². The van der Waals surface area contributed by atoms with Crippen LogP contribution in [0.2, 0.25) is 0 Å². The Bertz CT molecular complexity index is 796. The van der Waals surface area contributed by atoms with Gasteiger partial charge in [-0.1, -0.05) is 30.3 Å². The summed E-state index contributed by atoms with van der Waals surface area (Å²) in [6.07, 6.45) is 0.154. The first-order valence-electron chi connectivity index (χ1n) is 8.28. The zero-order chi connectivity index (χ0) is 18.0. The van der Waals surface area contributed by atoms with E-state index in [1.54, 1.807) is 7.11 Å². The number of aryl methyl sites for hydroxylation is 2. The quantitative estimate of drug-likeness (QED) is 0.851. The summed E-state index contributed by atoms with van der Waals surface area (Å²) in [4.78, 5) is 26.7. The number of benzene rings is 2. The van der Waals surface area contributed by atoms with Crippen molar-refractivity contribution >= 4 is 23.2 Å². The second-order valence-corrected chi connectivity index (χ2v) is 6.34. The number of ether oxygens (including phenoxy) is 1. The molecule has 3 rings (SSSR count). The Kier molecular flexibility index (Phi) is 4.86. The zero-order valence-electron chi connectivity index (χ0n) is 14.7. The molecule has 2 amide bonds. The minimum absolute atomic E-state index is 0.154. The lowest BCUT2D eigenvalue weighted by Crippen LogP contribution is -2.35. The van der Waals surface area contributed by atoms with Crippen LogP contribution in [0.4, 0.5) is 11.4 Å². The average Bonchev–Trinajstić information content (AvgIpc) is 2.83. The van der Waals surface area contributed by atoms with Crippen LogP contribution >= 0.6 is 0 Å². The zero-order valence-corrected chi connectivity index (χ0v) is 14.7. The van der Waals surface area contributed by atoms with Crippen LogP contribution in [-0.4, -0.2) is 25.0 Å². The highest BCUT2D eigenvalue weighted by Gasteiger charge is 2.40. The molecule has 1 saturated heterocycles. The number of imide groups is 1. The Morgan fingerprint density at radius 1 is 1.12 bits per heavy atom. The number of amides is 2. The van der Waals surface area contributed by atoms with E-state index in [4.69, 9.17) is 4.74 Å². The lowest BCUT2D eigenvalue weighted by molar-refractivity contribution is -0.121. The summed E-state index contributed by atoms with van der Waals surface area (Å²) in [5.41, 5.74) is 4.36. The van der Waals surface area contributed by atoms with Crippen molar-refractivity contribution in [2.45, 2.75) is 32.9 Å². The van der Waals surface area contributed by atoms with Crippen LogP contribution in [0.25, 0.3) is 0 Å². The van der Waals surface area contributed by atoms with Gasteiger partial charge in [0.2, 0.25) is 5.91 Å². The number of rotatable bonds is 5. The fraction of sp³-hybridized carbons (Fsp3) is 0.300. The van der Waals surface area contributed by atoms with Gasteiger partial charge < -0.3 is 10.1 Å². The van der Waals surface area contributed by atoms with Crippen molar-refractivity contribution in [1.82, 2.24) is 0 Å². The number of carbonyl (C=O) groups excluding carboxylic acids is 2. The summed E-state index contributed by atoms with van der Waals surface area (Å²) in [6.45, 7) is 4.33. The Morgan fingerprint density at radius 2 is 1.80 bits per heavy atom. The number of hydrogen-bond acceptors (Lipinski definition) is 4. The Balaban J connectivity index is 1.83. The van der Waals surface area contributed by atoms with Crippen LogP contribution < -0.4 is 10.2 Å². The Labute approximate surface area is 147 Å². The lowest BCUT2D eigenvalue weighted by atomic mass is 10.1. The van der Waals surface area contributed by atoms with Gasteiger partial charge in [0.1, 0.15) is 6.04 Å². The van der Waals surface area contributed by atoms with Crippen molar-refractivity contribution in [3.63, 3.8) is 0 Å². The van der Waals surface area contributed by atoms with Gasteiger partial charge in [-0.3, -0.25) is 9.59 Å². The monoisotopic (exact) mass is 338 g/mol. The van der Waals surface area contributed by atoms with Crippen molar-refractivity contribution in [3.8, 4) is 0 Å². The number of nitrogens with zero attached hydrogens (tertiary/aromatic N) is 1. The van der Waals surface area contributed by atoms with Crippen LogP contribution in [-0.2, 0) is 20.9 Å². The minimum Gasteiger partial charge on any atom is -0.380 e. The SMILES string of the molecule is COCc1cccc(N[C@@H]2CC(=O)N(c3c(C)cccc3C)C2=O)c1. The van der Waals surface area contributed by atoms with E-state index in [1.165, 1.54) is 4.90 Å². The van der Waals surface area contributed by atoms with Gasteiger partial charge in [0.05, 0.1) is 18.7 Å². The molecule has 1 aliphatic rings. The third kappa shape index (κ3) is 3.42. The highest BCUT2D eigenvalue weighted by molar-refractivity contribution is 6.23. The highest BCUT2D eigenvalue weighted by atomic mass is 16.5. The smallest absolute Gasteiger partial charge is 0.256 e. The molecular weight excluding hydrogens is 316 g/mol. The van der Waals surface area contributed by atoms with Gasteiger partial charge in [0, 0.05) is 12.8 Å². The fourth-order valence-electron chi connectivity index (χ4n) is 3.26. The number of anilines is 2. The molecule has 5 nitrogen and oxygen atoms in total. The number of carbonyl (C=O) groups is 2. The molecule has 130 valence electrons. The summed E-state index contributed by atoms with van der Waals surface area (Å²) in [5.74, 6) is -0.382. The summed E-state index contributed by atoms with van der Waals surface area (Å²) in [5, 5.41) is 3.19. The maximum Gasteiger partial charge on any atom is 0.256 e. The minimum atomic E-state index is -0.552. The molecule has 0 aromatic heterocycles. The van der Waals surface area contributed by atoms with E-state index in [9.17, 15) is 9.59 Å². The van der Waals surface area contributed by atoms with Crippen molar-refractivity contribution in [2.24, 2.45) is 0 Å². The standard InChI is InChI=1S/C20H22N2O3/c1-13-6-4-7-14(2)19(13)22-18(23)11-17(20(22)24)21-16-9-5-8-15(10-16)12-25-3/h4-10,17,21H,11-12H2,1-3H3/t17-/m1/s1. The maximum absolute atomic E-state index is 12.9. The molecule has 1 heterocycles. The molecule has 2 aromatic rings. The van der Waals surface area contributed by atoms with Gasteiger partial charge in [-0.15, -0.1) is 0 Å². The van der Waals surface area contributed by atoms with Gasteiger partial charge in [0.25, 0.3) is 5.91 Å². The molecule has 1 N–H and O–H groups in total. The highest BCUT2D eigenvalue weighted by Crippen LogP contribution is 2.30. The van der Waals surface area contributed by atoms with Crippen molar-refractivity contribution in [1.29, 1.82) is 0 Å². The van der Waals surface area contributed by atoms with Crippen LogP contribution in [0.15, 0.2) is 42.5 Å². The van der Waals surface area contributed by atoms with Gasteiger partial charge in [0.15, 0.2) is 0 Å². The first-order valence-corrected chi connectivity index (χ1v) is 8.28. The third-order valence-electron chi connectivity index (χ3n) is 4.39. The molecule has 0 saturated carbocycles. The summed E-state index contributed by atoms with van der Waals surface area (Å²) in [7, 11) is 1.64. The third-order valence-corrected chi connectivity index (χ3v) is 4.39. The van der Waals surface area contributed by atoms with E-state index in [1.807, 2.05) is 56.3 Å². The summed E-state index contributed by atoms with van der Waals surface area (Å²) >= 11 is 0. The second kappa shape index (κ2) is 7.07. The molecule has 1 aliphatic heterocycles.